The number of benzene rings is 1. The lowest BCUT2D eigenvalue weighted by atomic mass is 9.69. The molecule has 2 aliphatic rings. The Morgan fingerprint density at radius 1 is 1.12 bits per heavy atom. The van der Waals surface area contributed by atoms with E-state index in [4.69, 9.17) is 9.83 Å². The second-order valence-corrected chi connectivity index (χ2v) is 11.1. The van der Waals surface area contributed by atoms with Crippen molar-refractivity contribution in [1.82, 2.24) is 0 Å². The standard InChI is InChI=1S/C23H28N2O2S.C5H10/c1-6-11-28-20(24)15-12-14-13-16-18-17(19(14)27-21(15)26)23(4,5)8-10-25(18)9-7-22(16,2)3;1-3-5-4-2/h6,11-13,24H,7-10H2,1-5H3;3,5H,4H2,1-2H3/b11-6+,24-20?;5-3-. The van der Waals surface area contributed by atoms with Gasteiger partial charge in [0, 0.05) is 29.7 Å². The molecule has 0 bridgehead atoms. The SMILES string of the molecule is C/C=C/SC(=N)c1cc2cc3c4c(c2oc1=O)C(C)(C)CCN4CCC3(C)C.C/C=C\CC. The number of allylic oxidation sites excluding steroid dienone is 3. The maximum Gasteiger partial charge on any atom is 0.346 e. The van der Waals surface area contributed by atoms with Gasteiger partial charge in [-0.3, -0.25) is 5.41 Å². The topological polar surface area (TPSA) is 57.3 Å². The first kappa shape index (κ1) is 25.4. The van der Waals surface area contributed by atoms with E-state index in [0.29, 0.717) is 11.1 Å². The number of fused-ring (bicyclic) bond motifs is 2. The molecule has 0 fully saturated rings. The molecule has 2 aliphatic heterocycles. The molecule has 0 radical (unpaired) electrons. The van der Waals surface area contributed by atoms with Crippen molar-refractivity contribution in [3.8, 4) is 0 Å². The van der Waals surface area contributed by atoms with Gasteiger partial charge in [-0.1, -0.05) is 64.6 Å². The average Bonchev–Trinajstić information content (AvgIpc) is 2.76. The van der Waals surface area contributed by atoms with Gasteiger partial charge in [0.15, 0.2) is 0 Å². The van der Waals surface area contributed by atoms with E-state index in [1.54, 1.807) is 0 Å². The highest BCUT2D eigenvalue weighted by molar-refractivity contribution is 8.16. The summed E-state index contributed by atoms with van der Waals surface area (Å²) in [5, 5.41) is 11.2. The van der Waals surface area contributed by atoms with Gasteiger partial charge < -0.3 is 9.32 Å². The number of thioether (sulfide) groups is 1. The number of anilines is 1. The number of hydrogen-bond donors (Lipinski definition) is 1. The Labute approximate surface area is 202 Å². The minimum Gasteiger partial charge on any atom is -0.422 e. The molecule has 178 valence electrons. The summed E-state index contributed by atoms with van der Waals surface area (Å²) >= 11 is 1.24. The highest BCUT2D eigenvalue weighted by atomic mass is 32.2. The lowest BCUT2D eigenvalue weighted by Crippen LogP contribution is -2.44. The maximum atomic E-state index is 12.8. The van der Waals surface area contributed by atoms with Crippen LogP contribution in [-0.2, 0) is 10.8 Å². The zero-order chi connectivity index (χ0) is 24.4. The summed E-state index contributed by atoms with van der Waals surface area (Å²) in [6.07, 6.45) is 9.36. The van der Waals surface area contributed by atoms with E-state index in [0.717, 1.165) is 43.3 Å². The molecule has 5 heteroatoms. The Morgan fingerprint density at radius 2 is 1.79 bits per heavy atom. The zero-order valence-electron chi connectivity index (χ0n) is 21.2. The van der Waals surface area contributed by atoms with Crippen molar-refractivity contribution >= 4 is 33.5 Å². The zero-order valence-corrected chi connectivity index (χ0v) is 22.0. The van der Waals surface area contributed by atoms with E-state index in [2.05, 4.69) is 57.7 Å². The van der Waals surface area contributed by atoms with Crippen molar-refractivity contribution in [2.75, 3.05) is 18.0 Å². The van der Waals surface area contributed by atoms with Crippen LogP contribution in [0.1, 0.15) is 84.4 Å². The lowest BCUT2D eigenvalue weighted by molar-refractivity contribution is 0.398. The molecule has 0 amide bonds. The summed E-state index contributed by atoms with van der Waals surface area (Å²) in [6, 6.07) is 4.05. The number of rotatable bonds is 3. The molecule has 4 rings (SSSR count). The Morgan fingerprint density at radius 3 is 2.36 bits per heavy atom. The van der Waals surface area contributed by atoms with Gasteiger partial charge in [-0.05, 0) is 67.0 Å². The number of nitrogens with zero attached hydrogens (tertiary/aromatic N) is 1. The minimum atomic E-state index is -0.423. The maximum absolute atomic E-state index is 12.8. The summed E-state index contributed by atoms with van der Waals surface area (Å²) in [4.78, 5) is 15.2. The molecule has 1 aromatic carbocycles. The first-order chi connectivity index (χ1) is 15.6. The second kappa shape index (κ2) is 9.92. The van der Waals surface area contributed by atoms with Gasteiger partial charge >= 0.3 is 5.63 Å². The van der Waals surface area contributed by atoms with Gasteiger partial charge in [-0.25, -0.2) is 4.79 Å². The minimum absolute atomic E-state index is 0.0574. The largest absolute Gasteiger partial charge is 0.422 e. The fourth-order valence-corrected chi connectivity index (χ4v) is 5.29. The van der Waals surface area contributed by atoms with Crippen LogP contribution in [0.4, 0.5) is 5.69 Å². The van der Waals surface area contributed by atoms with Crippen LogP contribution in [0.25, 0.3) is 11.0 Å². The highest BCUT2D eigenvalue weighted by Gasteiger charge is 2.41. The first-order valence-corrected chi connectivity index (χ1v) is 12.8. The third-order valence-electron chi connectivity index (χ3n) is 6.77. The van der Waals surface area contributed by atoms with E-state index < -0.39 is 5.63 Å². The van der Waals surface area contributed by atoms with Gasteiger partial charge in [-0.2, -0.15) is 0 Å². The number of nitrogens with one attached hydrogen (secondary N) is 1. The van der Waals surface area contributed by atoms with Gasteiger partial charge in [-0.15, -0.1) is 0 Å². The fraction of sp³-hybridized carbons (Fsp3) is 0.500. The summed E-state index contributed by atoms with van der Waals surface area (Å²) in [7, 11) is 0. The molecule has 0 saturated carbocycles. The van der Waals surface area contributed by atoms with Gasteiger partial charge in [0.05, 0.1) is 5.56 Å². The van der Waals surface area contributed by atoms with E-state index >= 15 is 0 Å². The molecule has 0 atom stereocenters. The quantitative estimate of drug-likeness (QED) is 0.220. The Balaban J connectivity index is 0.000000555. The van der Waals surface area contributed by atoms with Crippen LogP contribution >= 0.6 is 11.8 Å². The second-order valence-electron chi connectivity index (χ2n) is 10.2. The smallest absolute Gasteiger partial charge is 0.346 e. The molecule has 0 spiro atoms. The van der Waals surface area contributed by atoms with Crippen LogP contribution in [0.5, 0.6) is 0 Å². The van der Waals surface area contributed by atoms with Gasteiger partial charge in [0.1, 0.15) is 10.6 Å². The van der Waals surface area contributed by atoms with Gasteiger partial charge in [0.2, 0.25) is 0 Å². The van der Waals surface area contributed by atoms with Crippen molar-refractivity contribution in [3.63, 3.8) is 0 Å². The molecule has 0 unspecified atom stereocenters. The van der Waals surface area contributed by atoms with Crippen molar-refractivity contribution in [3.05, 3.63) is 62.9 Å². The van der Waals surface area contributed by atoms with Crippen molar-refractivity contribution < 1.29 is 4.42 Å². The summed E-state index contributed by atoms with van der Waals surface area (Å²) < 4.78 is 5.91. The monoisotopic (exact) mass is 466 g/mol. The summed E-state index contributed by atoms with van der Waals surface area (Å²) in [5.41, 5.74) is 4.40. The molecule has 0 saturated heterocycles. The van der Waals surface area contributed by atoms with Crippen LogP contribution in [0, 0.1) is 5.41 Å². The molecule has 33 heavy (non-hydrogen) atoms. The van der Waals surface area contributed by atoms with E-state index in [1.807, 2.05) is 31.4 Å². The molecule has 4 nitrogen and oxygen atoms in total. The third-order valence-corrected chi connectivity index (χ3v) is 7.63. The predicted octanol–water partition coefficient (Wildman–Crippen LogP) is 7.53. The van der Waals surface area contributed by atoms with Crippen LogP contribution in [0.15, 0.2) is 45.0 Å². The van der Waals surface area contributed by atoms with E-state index in [9.17, 15) is 4.79 Å². The molecular formula is C28H38N2O2S. The molecule has 0 aliphatic carbocycles. The average molecular weight is 467 g/mol. The van der Waals surface area contributed by atoms with Crippen LogP contribution in [0.2, 0.25) is 0 Å². The van der Waals surface area contributed by atoms with Crippen molar-refractivity contribution in [1.29, 1.82) is 5.41 Å². The number of hydrogen-bond acceptors (Lipinski definition) is 5. The first-order valence-electron chi connectivity index (χ1n) is 12.0. The molecule has 3 heterocycles. The normalized spacial score (nSPS) is 18.3. The predicted molar refractivity (Wildman–Crippen MR) is 144 cm³/mol. The van der Waals surface area contributed by atoms with Crippen molar-refractivity contribution in [2.45, 2.75) is 78.6 Å². The van der Waals surface area contributed by atoms with Gasteiger partial charge in [0.25, 0.3) is 0 Å². The van der Waals surface area contributed by atoms with Crippen LogP contribution in [-0.4, -0.2) is 18.1 Å². The lowest BCUT2D eigenvalue weighted by Gasteiger charge is -2.48. The fourth-order valence-electron chi connectivity index (χ4n) is 4.74. The third kappa shape index (κ3) is 4.98. The molecule has 1 N–H and O–H groups in total. The Kier molecular flexibility index (Phi) is 7.62. The molecule has 1 aromatic heterocycles. The van der Waals surface area contributed by atoms with E-state index in [-0.39, 0.29) is 15.9 Å². The van der Waals surface area contributed by atoms with Crippen molar-refractivity contribution in [2.24, 2.45) is 0 Å². The van der Waals surface area contributed by atoms with Crippen LogP contribution in [0.3, 0.4) is 0 Å². The molecule has 2 aromatic rings. The Bertz CT molecular complexity index is 1150. The molecular weight excluding hydrogens is 428 g/mol. The van der Waals surface area contributed by atoms with E-state index in [1.165, 1.54) is 23.0 Å². The van der Waals surface area contributed by atoms with Crippen LogP contribution < -0.4 is 10.5 Å². The summed E-state index contributed by atoms with van der Waals surface area (Å²) in [5.74, 6) is 0. The highest BCUT2D eigenvalue weighted by Crippen LogP contribution is 2.51. The Hall–Kier alpha value is -2.27. The summed E-state index contributed by atoms with van der Waals surface area (Å²) in [6.45, 7) is 17.2.